The maximum Gasteiger partial charge on any atom is 0.252 e. The molecule has 3 aromatic rings. The predicted molar refractivity (Wildman–Crippen MR) is 111 cm³/mol. The lowest BCUT2D eigenvalue weighted by atomic mass is 9.91. The fourth-order valence-corrected chi connectivity index (χ4v) is 3.75. The second-order valence-corrected chi connectivity index (χ2v) is 7.48. The summed E-state index contributed by atoms with van der Waals surface area (Å²) >= 11 is 0. The van der Waals surface area contributed by atoms with Crippen molar-refractivity contribution in [2.45, 2.75) is 37.8 Å². The largest absolute Gasteiger partial charge is 0.365 e. The number of benzene rings is 1. The highest BCUT2D eigenvalue weighted by Crippen LogP contribution is 2.27. The zero-order valence-electron chi connectivity index (χ0n) is 16.2. The van der Waals surface area contributed by atoms with Crippen LogP contribution in [0.4, 0.5) is 21.7 Å². The van der Waals surface area contributed by atoms with Gasteiger partial charge in [0.05, 0.1) is 11.1 Å². The normalized spacial score (nSPS) is 19.3. The molecule has 0 aliphatic heterocycles. The second-order valence-electron chi connectivity index (χ2n) is 7.48. The van der Waals surface area contributed by atoms with Crippen LogP contribution in [0.3, 0.4) is 0 Å². The van der Waals surface area contributed by atoms with Gasteiger partial charge < -0.3 is 22.1 Å². The smallest absolute Gasteiger partial charge is 0.252 e. The predicted octanol–water partition coefficient (Wildman–Crippen LogP) is 2.63. The molecule has 1 aliphatic carbocycles. The highest BCUT2D eigenvalue weighted by molar-refractivity contribution is 5.99. The number of rotatable bonds is 5. The van der Waals surface area contributed by atoms with E-state index in [4.69, 9.17) is 11.5 Å². The van der Waals surface area contributed by atoms with E-state index < -0.39 is 11.7 Å². The molecule has 2 heterocycles. The molecule has 2 aromatic heterocycles. The maximum atomic E-state index is 14.6. The Hall–Kier alpha value is -3.20. The summed E-state index contributed by atoms with van der Waals surface area (Å²) in [6, 6.07) is 6.52. The van der Waals surface area contributed by atoms with Crippen LogP contribution in [0.25, 0.3) is 10.9 Å². The summed E-state index contributed by atoms with van der Waals surface area (Å²) in [5.41, 5.74) is 13.1. The molecular weight excluding hydrogens is 373 g/mol. The van der Waals surface area contributed by atoms with E-state index in [0.29, 0.717) is 5.69 Å². The Balaban J connectivity index is 1.66. The number of pyridine rings is 1. The number of amides is 1. The molecule has 1 unspecified atom stereocenters. The summed E-state index contributed by atoms with van der Waals surface area (Å²) < 4.78 is 16.3. The lowest BCUT2D eigenvalue weighted by Gasteiger charge is -2.30. The van der Waals surface area contributed by atoms with Crippen molar-refractivity contribution >= 4 is 34.1 Å². The van der Waals surface area contributed by atoms with Crippen molar-refractivity contribution in [2.75, 3.05) is 10.6 Å². The second kappa shape index (κ2) is 7.67. The van der Waals surface area contributed by atoms with E-state index in [1.54, 1.807) is 4.68 Å². The summed E-state index contributed by atoms with van der Waals surface area (Å²) in [4.78, 5) is 16.2. The van der Waals surface area contributed by atoms with Gasteiger partial charge in [-0.25, -0.2) is 9.37 Å². The number of halogens is 1. The molecule has 1 aromatic carbocycles. The van der Waals surface area contributed by atoms with Crippen LogP contribution in [0.15, 0.2) is 30.5 Å². The Labute approximate surface area is 167 Å². The summed E-state index contributed by atoms with van der Waals surface area (Å²) in [6.45, 7) is 0. The van der Waals surface area contributed by atoms with E-state index in [1.165, 1.54) is 0 Å². The lowest BCUT2D eigenvalue weighted by molar-refractivity contribution is 0.100. The van der Waals surface area contributed by atoms with Crippen LogP contribution in [-0.4, -0.2) is 32.8 Å². The first-order valence-electron chi connectivity index (χ1n) is 9.63. The topological polar surface area (TPSA) is 124 Å². The van der Waals surface area contributed by atoms with Crippen molar-refractivity contribution in [3.8, 4) is 0 Å². The number of nitrogens with zero attached hydrogens (tertiary/aromatic N) is 3. The zero-order chi connectivity index (χ0) is 20.5. The molecule has 2 atom stereocenters. The molecule has 1 amide bonds. The third-order valence-electron chi connectivity index (χ3n) is 5.26. The van der Waals surface area contributed by atoms with E-state index in [2.05, 4.69) is 20.7 Å². The monoisotopic (exact) mass is 397 g/mol. The van der Waals surface area contributed by atoms with Crippen LogP contribution >= 0.6 is 0 Å². The number of anilines is 3. The lowest BCUT2D eigenvalue weighted by Crippen LogP contribution is -2.43. The number of primary amides is 1. The van der Waals surface area contributed by atoms with Gasteiger partial charge in [-0.3, -0.25) is 9.48 Å². The van der Waals surface area contributed by atoms with E-state index >= 15 is 0 Å². The summed E-state index contributed by atoms with van der Waals surface area (Å²) in [5, 5.41) is 11.4. The van der Waals surface area contributed by atoms with Crippen LogP contribution in [0.1, 0.15) is 36.0 Å². The van der Waals surface area contributed by atoms with Crippen molar-refractivity contribution in [3.05, 3.63) is 41.8 Å². The minimum Gasteiger partial charge on any atom is -0.365 e. The standard InChI is InChI=1S/C20H24FN7O/c1-28-10-11-8-12(6-7-16(11)27-28)24-19-13(18(23)29)9-14(21)20(26-19)25-17-5-3-2-4-15(17)22/h6-10,15,17H,2-5,22H2,1H3,(H2,23,29)(H2,24,25,26)/t15-,17?/m0/s1. The number of nitrogens with one attached hydrogen (secondary N) is 2. The average Bonchev–Trinajstić information content (AvgIpc) is 3.05. The van der Waals surface area contributed by atoms with E-state index in [9.17, 15) is 9.18 Å². The summed E-state index contributed by atoms with van der Waals surface area (Å²) in [6.07, 6.45) is 5.71. The molecular formula is C20H24FN7O. The molecule has 152 valence electrons. The molecule has 8 nitrogen and oxygen atoms in total. The van der Waals surface area contributed by atoms with Crippen LogP contribution in [0.5, 0.6) is 0 Å². The Morgan fingerprint density at radius 2 is 2.03 bits per heavy atom. The Kier molecular flexibility index (Phi) is 5.06. The van der Waals surface area contributed by atoms with Gasteiger partial charge in [-0.05, 0) is 37.1 Å². The van der Waals surface area contributed by atoms with Crippen LogP contribution in [0.2, 0.25) is 0 Å². The number of carbonyl (C=O) groups is 1. The number of fused-ring (bicyclic) bond motifs is 1. The first-order valence-corrected chi connectivity index (χ1v) is 9.63. The number of hydrogen-bond donors (Lipinski definition) is 4. The Morgan fingerprint density at radius 1 is 1.24 bits per heavy atom. The van der Waals surface area contributed by atoms with Gasteiger partial charge in [0.1, 0.15) is 5.82 Å². The summed E-state index contributed by atoms with van der Waals surface area (Å²) in [7, 11) is 1.84. The third-order valence-corrected chi connectivity index (χ3v) is 5.26. The Bertz CT molecular complexity index is 1060. The van der Waals surface area contributed by atoms with Crippen molar-refractivity contribution in [2.24, 2.45) is 18.5 Å². The van der Waals surface area contributed by atoms with Crippen molar-refractivity contribution in [1.82, 2.24) is 14.8 Å². The number of aromatic nitrogens is 3. The average molecular weight is 397 g/mol. The maximum absolute atomic E-state index is 14.6. The van der Waals surface area contributed by atoms with Gasteiger partial charge in [-0.2, -0.15) is 5.10 Å². The number of carbonyl (C=O) groups excluding carboxylic acids is 1. The van der Waals surface area contributed by atoms with Gasteiger partial charge in [0.15, 0.2) is 11.6 Å². The van der Waals surface area contributed by atoms with Crippen molar-refractivity contribution in [3.63, 3.8) is 0 Å². The molecule has 6 N–H and O–H groups in total. The first-order chi connectivity index (χ1) is 13.9. The molecule has 1 fully saturated rings. The van der Waals surface area contributed by atoms with Crippen LogP contribution in [-0.2, 0) is 7.05 Å². The van der Waals surface area contributed by atoms with Gasteiger partial charge in [0.2, 0.25) is 0 Å². The molecule has 0 radical (unpaired) electrons. The van der Waals surface area contributed by atoms with E-state index in [0.717, 1.165) is 42.7 Å². The highest BCUT2D eigenvalue weighted by atomic mass is 19.1. The molecule has 4 rings (SSSR count). The SMILES string of the molecule is Cn1cc2cc(Nc3nc(NC4CCCC[C@@H]4N)c(F)cc3C(N)=O)ccc2n1. The summed E-state index contributed by atoms with van der Waals surface area (Å²) in [5.74, 6) is -1.15. The third kappa shape index (κ3) is 4.00. The first kappa shape index (κ1) is 19.1. The van der Waals surface area contributed by atoms with Gasteiger partial charge in [0, 0.05) is 36.4 Å². The molecule has 0 spiro atoms. The van der Waals surface area contributed by atoms with E-state index in [1.807, 2.05) is 31.4 Å². The molecule has 0 saturated heterocycles. The minimum atomic E-state index is -0.762. The van der Waals surface area contributed by atoms with Gasteiger partial charge >= 0.3 is 0 Å². The van der Waals surface area contributed by atoms with Crippen molar-refractivity contribution in [1.29, 1.82) is 0 Å². The highest BCUT2D eigenvalue weighted by Gasteiger charge is 2.24. The molecule has 1 saturated carbocycles. The minimum absolute atomic E-state index is 0.0210. The van der Waals surface area contributed by atoms with Gasteiger partial charge in [0.25, 0.3) is 5.91 Å². The number of nitrogens with two attached hydrogens (primary N) is 2. The quantitative estimate of drug-likeness (QED) is 0.525. The fourth-order valence-electron chi connectivity index (χ4n) is 3.75. The van der Waals surface area contributed by atoms with Crippen LogP contribution in [0, 0.1) is 5.82 Å². The number of aryl methyl sites for hydroxylation is 1. The zero-order valence-corrected chi connectivity index (χ0v) is 16.2. The molecule has 0 bridgehead atoms. The number of hydrogen-bond acceptors (Lipinski definition) is 6. The molecule has 29 heavy (non-hydrogen) atoms. The van der Waals surface area contributed by atoms with Crippen molar-refractivity contribution < 1.29 is 9.18 Å². The van der Waals surface area contributed by atoms with Gasteiger partial charge in [-0.15, -0.1) is 0 Å². The van der Waals surface area contributed by atoms with Crippen LogP contribution < -0.4 is 22.1 Å². The molecule has 9 heteroatoms. The van der Waals surface area contributed by atoms with E-state index in [-0.39, 0.29) is 29.3 Å². The molecule has 1 aliphatic rings. The Morgan fingerprint density at radius 3 is 2.79 bits per heavy atom. The fraction of sp³-hybridized carbons (Fsp3) is 0.350. The van der Waals surface area contributed by atoms with Gasteiger partial charge in [-0.1, -0.05) is 12.8 Å².